The van der Waals surface area contributed by atoms with Crippen LogP contribution in [-0.4, -0.2) is 49.7 Å². The van der Waals surface area contributed by atoms with Crippen LogP contribution in [0.2, 0.25) is 0 Å². The zero-order chi connectivity index (χ0) is 18.9. The van der Waals surface area contributed by atoms with Gasteiger partial charge < -0.3 is 15.4 Å². The molecule has 146 valence electrons. The number of guanidine groups is 1. The van der Waals surface area contributed by atoms with Gasteiger partial charge in [0.25, 0.3) is 0 Å². The van der Waals surface area contributed by atoms with E-state index in [1.54, 1.807) is 0 Å². The second-order valence-corrected chi connectivity index (χ2v) is 7.76. The van der Waals surface area contributed by atoms with Gasteiger partial charge in [0.15, 0.2) is 5.96 Å². The van der Waals surface area contributed by atoms with Crippen LogP contribution in [0.1, 0.15) is 45.2 Å². The molecule has 0 aliphatic carbocycles. The van der Waals surface area contributed by atoms with Crippen molar-refractivity contribution < 1.29 is 4.74 Å². The summed E-state index contributed by atoms with van der Waals surface area (Å²) in [4.78, 5) is 6.83. The summed E-state index contributed by atoms with van der Waals surface area (Å²) < 4.78 is 5.85. The summed E-state index contributed by atoms with van der Waals surface area (Å²) in [6, 6.07) is 8.68. The van der Waals surface area contributed by atoms with Gasteiger partial charge in [-0.25, -0.2) is 0 Å². The van der Waals surface area contributed by atoms with E-state index in [0.717, 1.165) is 45.1 Å². The Hall–Kier alpha value is -1.59. The number of aliphatic imine (C=N–C) groups is 1. The topological polar surface area (TPSA) is 48.9 Å². The van der Waals surface area contributed by atoms with Crippen LogP contribution in [0.15, 0.2) is 29.3 Å². The summed E-state index contributed by atoms with van der Waals surface area (Å²) in [6.45, 7) is 13.5. The molecule has 0 bridgehead atoms. The number of morpholine rings is 1. The minimum absolute atomic E-state index is 0.299. The Labute approximate surface area is 159 Å². The van der Waals surface area contributed by atoms with Crippen LogP contribution in [0.25, 0.3) is 0 Å². The smallest absolute Gasteiger partial charge is 0.191 e. The van der Waals surface area contributed by atoms with Gasteiger partial charge in [-0.1, -0.05) is 38.1 Å². The van der Waals surface area contributed by atoms with Crippen LogP contribution in [0.3, 0.4) is 0 Å². The van der Waals surface area contributed by atoms with Gasteiger partial charge in [-0.3, -0.25) is 9.89 Å². The molecule has 1 saturated heterocycles. The highest BCUT2D eigenvalue weighted by Crippen LogP contribution is 2.17. The monoisotopic (exact) mass is 360 g/mol. The molecule has 5 nitrogen and oxygen atoms in total. The van der Waals surface area contributed by atoms with Gasteiger partial charge in [0.1, 0.15) is 0 Å². The third-order valence-electron chi connectivity index (χ3n) is 4.69. The van der Waals surface area contributed by atoms with E-state index in [1.165, 1.54) is 11.1 Å². The van der Waals surface area contributed by atoms with Crippen LogP contribution >= 0.6 is 0 Å². The SMILES string of the molecule is CN=C(NCCC(C)C)NCc1ccccc1CN1CC(C)OC(C)C1. The highest BCUT2D eigenvalue weighted by atomic mass is 16.5. The standard InChI is InChI=1S/C21H36N4O/c1-16(2)10-11-23-21(22-5)24-12-19-8-6-7-9-20(19)15-25-13-17(3)26-18(4)14-25/h6-9,16-18H,10-15H2,1-5H3,(H2,22,23,24). The highest BCUT2D eigenvalue weighted by Gasteiger charge is 2.22. The number of nitrogens with one attached hydrogen (secondary N) is 2. The second-order valence-electron chi connectivity index (χ2n) is 7.76. The van der Waals surface area contributed by atoms with Crippen molar-refractivity contribution in [1.29, 1.82) is 0 Å². The van der Waals surface area contributed by atoms with E-state index in [1.807, 2.05) is 7.05 Å². The van der Waals surface area contributed by atoms with Crippen molar-refractivity contribution in [2.75, 3.05) is 26.7 Å². The molecule has 2 N–H and O–H groups in total. The van der Waals surface area contributed by atoms with Crippen molar-refractivity contribution in [2.45, 2.75) is 59.4 Å². The predicted molar refractivity (Wildman–Crippen MR) is 109 cm³/mol. The zero-order valence-corrected chi connectivity index (χ0v) is 17.1. The number of hydrogen-bond donors (Lipinski definition) is 2. The van der Waals surface area contributed by atoms with Gasteiger partial charge in [0.2, 0.25) is 0 Å². The van der Waals surface area contributed by atoms with E-state index in [-0.39, 0.29) is 0 Å². The molecule has 2 atom stereocenters. The molecule has 5 heteroatoms. The Morgan fingerprint density at radius 1 is 1.15 bits per heavy atom. The maximum absolute atomic E-state index is 5.85. The van der Waals surface area contributed by atoms with Gasteiger partial charge in [-0.2, -0.15) is 0 Å². The summed E-state index contributed by atoms with van der Waals surface area (Å²) in [5.41, 5.74) is 2.70. The van der Waals surface area contributed by atoms with Crippen LogP contribution in [0.5, 0.6) is 0 Å². The molecule has 0 amide bonds. The van der Waals surface area contributed by atoms with E-state index in [4.69, 9.17) is 4.74 Å². The summed E-state index contributed by atoms with van der Waals surface area (Å²) in [5, 5.41) is 6.85. The first-order chi connectivity index (χ1) is 12.5. The summed E-state index contributed by atoms with van der Waals surface area (Å²) >= 11 is 0. The van der Waals surface area contributed by atoms with Crippen LogP contribution in [-0.2, 0) is 17.8 Å². The van der Waals surface area contributed by atoms with Gasteiger partial charge in [0, 0.05) is 39.8 Å². The first-order valence-electron chi connectivity index (χ1n) is 9.87. The molecule has 0 spiro atoms. The Morgan fingerprint density at radius 2 is 1.81 bits per heavy atom. The molecule has 1 aliphatic heterocycles. The normalized spacial score (nSPS) is 21.8. The van der Waals surface area contributed by atoms with E-state index >= 15 is 0 Å². The van der Waals surface area contributed by atoms with Crippen LogP contribution in [0, 0.1) is 5.92 Å². The summed E-state index contributed by atoms with van der Waals surface area (Å²) in [7, 11) is 1.83. The predicted octanol–water partition coefficient (Wildman–Crippen LogP) is 3.01. The number of benzene rings is 1. The lowest BCUT2D eigenvalue weighted by atomic mass is 10.1. The van der Waals surface area contributed by atoms with Gasteiger partial charge in [-0.05, 0) is 37.3 Å². The van der Waals surface area contributed by atoms with E-state index in [0.29, 0.717) is 18.1 Å². The molecule has 1 aromatic rings. The first-order valence-corrected chi connectivity index (χ1v) is 9.87. The molecule has 0 saturated carbocycles. The average Bonchev–Trinajstić information content (AvgIpc) is 2.58. The largest absolute Gasteiger partial charge is 0.373 e. The molecule has 26 heavy (non-hydrogen) atoms. The van der Waals surface area contributed by atoms with Crippen molar-refractivity contribution in [1.82, 2.24) is 15.5 Å². The first kappa shape index (κ1) is 20.7. The Balaban J connectivity index is 1.91. The minimum atomic E-state index is 0.299. The lowest BCUT2D eigenvalue weighted by Gasteiger charge is -2.35. The van der Waals surface area contributed by atoms with Gasteiger partial charge >= 0.3 is 0 Å². The fraction of sp³-hybridized carbons (Fsp3) is 0.667. The highest BCUT2D eigenvalue weighted by molar-refractivity contribution is 5.79. The lowest BCUT2D eigenvalue weighted by Crippen LogP contribution is -2.45. The quantitative estimate of drug-likeness (QED) is 0.580. The zero-order valence-electron chi connectivity index (χ0n) is 17.1. The molecular weight excluding hydrogens is 324 g/mol. The van der Waals surface area contributed by atoms with Crippen molar-refractivity contribution in [3.8, 4) is 0 Å². The Kier molecular flexibility index (Phi) is 8.39. The number of rotatable bonds is 7. The molecule has 1 aliphatic rings. The summed E-state index contributed by atoms with van der Waals surface area (Å²) in [5.74, 6) is 1.56. The summed E-state index contributed by atoms with van der Waals surface area (Å²) in [6.07, 6.45) is 1.74. The maximum atomic E-state index is 5.85. The molecular formula is C21H36N4O. The third-order valence-corrected chi connectivity index (χ3v) is 4.69. The van der Waals surface area contributed by atoms with Crippen molar-refractivity contribution in [3.05, 3.63) is 35.4 Å². The van der Waals surface area contributed by atoms with E-state index in [9.17, 15) is 0 Å². The van der Waals surface area contributed by atoms with Gasteiger partial charge in [-0.15, -0.1) is 0 Å². The fourth-order valence-electron chi connectivity index (χ4n) is 3.42. The molecule has 2 unspecified atom stereocenters. The maximum Gasteiger partial charge on any atom is 0.191 e. The van der Waals surface area contributed by atoms with Gasteiger partial charge in [0.05, 0.1) is 12.2 Å². The molecule has 0 aromatic heterocycles. The van der Waals surface area contributed by atoms with E-state index < -0.39 is 0 Å². The third kappa shape index (κ3) is 6.96. The second kappa shape index (κ2) is 10.5. The van der Waals surface area contributed by atoms with Crippen molar-refractivity contribution in [3.63, 3.8) is 0 Å². The van der Waals surface area contributed by atoms with Crippen molar-refractivity contribution >= 4 is 5.96 Å². The molecule has 0 radical (unpaired) electrons. The molecule has 1 aromatic carbocycles. The van der Waals surface area contributed by atoms with Crippen molar-refractivity contribution in [2.24, 2.45) is 10.9 Å². The van der Waals surface area contributed by atoms with Crippen LogP contribution in [0.4, 0.5) is 0 Å². The fourth-order valence-corrected chi connectivity index (χ4v) is 3.42. The Morgan fingerprint density at radius 3 is 2.42 bits per heavy atom. The Bertz CT molecular complexity index is 563. The number of hydrogen-bond acceptors (Lipinski definition) is 3. The van der Waals surface area contributed by atoms with Crippen LogP contribution < -0.4 is 10.6 Å². The molecule has 1 heterocycles. The number of nitrogens with zero attached hydrogens (tertiary/aromatic N) is 2. The van der Waals surface area contributed by atoms with E-state index in [2.05, 4.69) is 72.5 Å². The minimum Gasteiger partial charge on any atom is -0.373 e. The molecule has 2 rings (SSSR count). The number of ether oxygens (including phenoxy) is 1. The lowest BCUT2D eigenvalue weighted by molar-refractivity contribution is -0.0705. The molecule has 1 fully saturated rings. The average molecular weight is 361 g/mol.